The largest absolute Gasteiger partial charge is 0.367 e. The molecule has 33 heavy (non-hydrogen) atoms. The molecule has 1 amide bonds. The molecule has 9 heteroatoms. The van der Waals surface area contributed by atoms with Crippen LogP contribution in [0.3, 0.4) is 0 Å². The predicted molar refractivity (Wildman–Crippen MR) is 123 cm³/mol. The van der Waals surface area contributed by atoms with Crippen LogP contribution >= 0.6 is 11.3 Å². The summed E-state index contributed by atoms with van der Waals surface area (Å²) in [5.41, 5.74) is 3.74. The summed E-state index contributed by atoms with van der Waals surface area (Å²) in [6.45, 7) is 1.04. The minimum Gasteiger partial charge on any atom is -0.367 e. The number of likely N-dealkylation sites (tertiary alicyclic amines) is 1. The van der Waals surface area contributed by atoms with E-state index in [1.165, 1.54) is 17.4 Å². The van der Waals surface area contributed by atoms with Gasteiger partial charge >= 0.3 is 0 Å². The first kappa shape index (κ1) is 21.2. The van der Waals surface area contributed by atoms with E-state index >= 15 is 0 Å². The highest BCUT2D eigenvalue weighted by molar-refractivity contribution is 7.16. The fourth-order valence-corrected chi connectivity index (χ4v) is 4.95. The summed E-state index contributed by atoms with van der Waals surface area (Å²) in [7, 11) is 0. The SMILES string of the molecule is N#Cc1cc2cc(F)c(F)cc2nc1NC[C@@H]1CCCCN1C(=O)c1ccc2ncsc2c1. The third-order valence-electron chi connectivity index (χ3n) is 5.95. The Morgan fingerprint density at radius 2 is 2.03 bits per heavy atom. The van der Waals surface area contributed by atoms with Crippen molar-refractivity contribution in [2.45, 2.75) is 25.3 Å². The van der Waals surface area contributed by atoms with Crippen LogP contribution in [0.1, 0.15) is 35.2 Å². The van der Waals surface area contributed by atoms with Crippen LogP contribution in [0.5, 0.6) is 0 Å². The quantitative estimate of drug-likeness (QED) is 0.455. The minimum atomic E-state index is -0.993. The number of amides is 1. The van der Waals surface area contributed by atoms with Crippen LogP contribution in [0.2, 0.25) is 0 Å². The Labute approximate surface area is 192 Å². The van der Waals surface area contributed by atoms with Crippen LogP contribution in [0, 0.1) is 23.0 Å². The molecule has 1 aliphatic heterocycles. The number of nitrogens with zero attached hydrogens (tertiary/aromatic N) is 4. The Morgan fingerprint density at radius 1 is 1.18 bits per heavy atom. The number of halogens is 2. The fourth-order valence-electron chi connectivity index (χ4n) is 4.24. The Morgan fingerprint density at radius 3 is 2.88 bits per heavy atom. The number of nitriles is 1. The van der Waals surface area contributed by atoms with E-state index in [2.05, 4.69) is 21.4 Å². The van der Waals surface area contributed by atoms with Gasteiger partial charge in [0.15, 0.2) is 11.6 Å². The monoisotopic (exact) mass is 463 g/mol. The van der Waals surface area contributed by atoms with Gasteiger partial charge in [-0.2, -0.15) is 5.26 Å². The van der Waals surface area contributed by atoms with E-state index in [9.17, 15) is 18.8 Å². The number of hydrogen-bond donors (Lipinski definition) is 1. The number of fused-ring (bicyclic) bond motifs is 2. The lowest BCUT2D eigenvalue weighted by Gasteiger charge is -2.36. The van der Waals surface area contributed by atoms with Crippen LogP contribution in [-0.2, 0) is 0 Å². The number of piperidine rings is 1. The maximum absolute atomic E-state index is 13.7. The molecule has 166 valence electrons. The van der Waals surface area contributed by atoms with Crippen LogP contribution < -0.4 is 5.32 Å². The zero-order valence-corrected chi connectivity index (χ0v) is 18.3. The maximum atomic E-state index is 13.7. The van der Waals surface area contributed by atoms with Crippen molar-refractivity contribution >= 4 is 44.2 Å². The number of carbonyl (C=O) groups excluding carboxylic acids is 1. The molecule has 6 nitrogen and oxygen atoms in total. The Bertz CT molecular complexity index is 1410. The summed E-state index contributed by atoms with van der Waals surface area (Å²) >= 11 is 1.50. The van der Waals surface area contributed by atoms with Gasteiger partial charge < -0.3 is 10.2 Å². The second-order valence-electron chi connectivity index (χ2n) is 8.02. The van der Waals surface area contributed by atoms with Crippen LogP contribution in [0.4, 0.5) is 14.6 Å². The number of aromatic nitrogens is 2. The number of benzene rings is 2. The molecule has 0 spiro atoms. The van der Waals surface area contributed by atoms with Crippen molar-refractivity contribution in [2.24, 2.45) is 0 Å². The van der Waals surface area contributed by atoms with Gasteiger partial charge in [0.25, 0.3) is 5.91 Å². The van der Waals surface area contributed by atoms with Gasteiger partial charge in [-0.1, -0.05) is 0 Å². The summed E-state index contributed by atoms with van der Waals surface area (Å²) in [5.74, 6) is -1.73. The molecule has 1 saturated heterocycles. The Kier molecular flexibility index (Phi) is 5.60. The summed E-state index contributed by atoms with van der Waals surface area (Å²) in [4.78, 5) is 23.8. The molecular weight excluding hydrogens is 444 g/mol. The van der Waals surface area contributed by atoms with Gasteiger partial charge in [-0.3, -0.25) is 4.79 Å². The number of hydrogen-bond acceptors (Lipinski definition) is 6. The third-order valence-corrected chi connectivity index (χ3v) is 6.74. The summed E-state index contributed by atoms with van der Waals surface area (Å²) < 4.78 is 28.2. The minimum absolute atomic E-state index is 0.0404. The normalized spacial score (nSPS) is 16.2. The Hall–Kier alpha value is -3.64. The molecule has 2 aromatic heterocycles. The van der Waals surface area contributed by atoms with Crippen LogP contribution in [0.15, 0.2) is 41.9 Å². The second kappa shape index (κ2) is 8.71. The van der Waals surface area contributed by atoms with Gasteiger partial charge in [-0.15, -0.1) is 11.3 Å². The number of nitrogens with one attached hydrogen (secondary N) is 1. The van der Waals surface area contributed by atoms with Crippen molar-refractivity contribution in [1.82, 2.24) is 14.9 Å². The average Bonchev–Trinajstić information content (AvgIpc) is 3.31. The highest BCUT2D eigenvalue weighted by Crippen LogP contribution is 2.26. The van der Waals surface area contributed by atoms with E-state index in [4.69, 9.17) is 0 Å². The highest BCUT2D eigenvalue weighted by Gasteiger charge is 2.28. The van der Waals surface area contributed by atoms with Gasteiger partial charge in [0.05, 0.1) is 26.8 Å². The van der Waals surface area contributed by atoms with Crippen molar-refractivity contribution in [3.8, 4) is 6.07 Å². The maximum Gasteiger partial charge on any atom is 0.254 e. The van der Waals surface area contributed by atoms with Gasteiger partial charge in [-0.25, -0.2) is 18.7 Å². The lowest BCUT2D eigenvalue weighted by molar-refractivity contribution is 0.0628. The summed E-state index contributed by atoms with van der Waals surface area (Å²) in [6.07, 6.45) is 2.73. The fraction of sp³-hybridized carbons (Fsp3) is 0.250. The molecule has 1 aliphatic rings. The van der Waals surface area contributed by atoms with Crippen molar-refractivity contribution < 1.29 is 13.6 Å². The summed E-state index contributed by atoms with van der Waals surface area (Å²) in [5, 5.41) is 13.1. The number of pyridine rings is 1. The van der Waals surface area contributed by atoms with Crippen molar-refractivity contribution in [2.75, 3.05) is 18.4 Å². The Balaban J connectivity index is 1.38. The van der Waals surface area contributed by atoms with E-state index < -0.39 is 11.6 Å². The lowest BCUT2D eigenvalue weighted by atomic mass is 10.0. The zero-order chi connectivity index (χ0) is 22.9. The van der Waals surface area contributed by atoms with Gasteiger partial charge in [0.2, 0.25) is 0 Å². The first-order chi connectivity index (χ1) is 16.0. The molecule has 1 N–H and O–H groups in total. The number of rotatable bonds is 4. The predicted octanol–water partition coefficient (Wildman–Crippen LogP) is 5.10. The van der Waals surface area contributed by atoms with E-state index in [0.717, 1.165) is 41.6 Å². The molecule has 4 aromatic rings. The molecule has 5 rings (SSSR count). The van der Waals surface area contributed by atoms with Crippen LogP contribution in [0.25, 0.3) is 21.1 Å². The van der Waals surface area contributed by atoms with Crippen LogP contribution in [-0.4, -0.2) is 39.9 Å². The van der Waals surface area contributed by atoms with Crippen molar-refractivity contribution in [3.63, 3.8) is 0 Å². The smallest absolute Gasteiger partial charge is 0.254 e. The van der Waals surface area contributed by atoms with Gasteiger partial charge in [-0.05, 0) is 49.6 Å². The molecule has 1 fully saturated rings. The second-order valence-corrected chi connectivity index (χ2v) is 8.91. The van der Waals surface area contributed by atoms with E-state index in [0.29, 0.717) is 29.9 Å². The van der Waals surface area contributed by atoms with E-state index in [-0.39, 0.29) is 23.0 Å². The molecule has 1 atom stereocenters. The number of carbonyl (C=O) groups is 1. The number of thiazole rings is 1. The molecule has 0 aliphatic carbocycles. The zero-order valence-electron chi connectivity index (χ0n) is 17.5. The summed E-state index contributed by atoms with van der Waals surface area (Å²) in [6, 6.07) is 11.0. The molecular formula is C24H19F2N5OS. The molecule has 3 heterocycles. The molecule has 0 saturated carbocycles. The highest BCUT2D eigenvalue weighted by atomic mass is 32.1. The van der Waals surface area contributed by atoms with E-state index in [1.54, 1.807) is 11.6 Å². The van der Waals surface area contributed by atoms with Gasteiger partial charge in [0, 0.05) is 36.1 Å². The standard InChI is InChI=1S/C24H19F2N5OS/c25-18-8-15-7-16(11-27)23(30-21(15)10-19(18)26)28-12-17-3-1-2-6-31(17)24(32)14-4-5-20-22(9-14)33-13-29-20/h4-5,7-10,13,17H,1-3,6,12H2,(H,28,30)/t17-/m0/s1. The third kappa shape index (κ3) is 4.10. The van der Waals surface area contributed by atoms with E-state index in [1.807, 2.05) is 17.0 Å². The molecule has 0 radical (unpaired) electrons. The molecule has 0 unspecified atom stereocenters. The molecule has 2 aromatic carbocycles. The van der Waals surface area contributed by atoms with Crippen molar-refractivity contribution in [1.29, 1.82) is 5.26 Å². The molecule has 0 bridgehead atoms. The first-order valence-electron chi connectivity index (χ1n) is 10.6. The van der Waals surface area contributed by atoms with Gasteiger partial charge in [0.1, 0.15) is 11.9 Å². The first-order valence-corrected chi connectivity index (χ1v) is 11.5. The number of anilines is 1. The average molecular weight is 464 g/mol. The topological polar surface area (TPSA) is 81.9 Å². The van der Waals surface area contributed by atoms with Crippen molar-refractivity contribution in [3.05, 3.63) is 64.7 Å². The lowest BCUT2D eigenvalue weighted by Crippen LogP contribution is -2.47.